The molecule has 4 heteroatoms. The summed E-state index contributed by atoms with van der Waals surface area (Å²) in [5, 5.41) is 12.1. The molecule has 0 aliphatic heterocycles. The number of carbonyl (C=O) groups excluding carboxylic acids is 1. The number of aryl methyl sites for hydroxylation is 1. The summed E-state index contributed by atoms with van der Waals surface area (Å²) in [6.45, 7) is 2.03. The summed E-state index contributed by atoms with van der Waals surface area (Å²) in [5.74, 6) is -1.44. The normalized spacial score (nSPS) is 10.7. The zero-order valence-electron chi connectivity index (χ0n) is 14.8. The lowest BCUT2D eigenvalue weighted by molar-refractivity contribution is 0.0698. The van der Waals surface area contributed by atoms with Crippen LogP contribution in [-0.2, 0) is 0 Å². The number of rotatable bonds is 5. The van der Waals surface area contributed by atoms with Crippen molar-refractivity contribution in [1.82, 2.24) is 0 Å². The largest absolute Gasteiger partial charge is 0.478 e. The highest BCUT2D eigenvalue weighted by molar-refractivity contribution is 6.08. The minimum absolute atomic E-state index is 0.0484. The van der Waals surface area contributed by atoms with Crippen molar-refractivity contribution in [3.05, 3.63) is 101 Å². The van der Waals surface area contributed by atoms with Gasteiger partial charge in [0.2, 0.25) is 0 Å². The molecule has 0 bridgehead atoms. The molecule has 1 amide bonds. The second-order valence-corrected chi connectivity index (χ2v) is 6.12. The van der Waals surface area contributed by atoms with Crippen molar-refractivity contribution in [1.29, 1.82) is 0 Å². The second kappa shape index (κ2) is 8.15. The number of aromatic carboxylic acids is 1. The summed E-state index contributed by atoms with van der Waals surface area (Å²) in [7, 11) is 0. The van der Waals surface area contributed by atoms with E-state index in [-0.39, 0.29) is 17.2 Å². The van der Waals surface area contributed by atoms with Crippen LogP contribution in [-0.4, -0.2) is 17.0 Å². The van der Waals surface area contributed by atoms with E-state index in [1.165, 1.54) is 6.07 Å². The van der Waals surface area contributed by atoms with Gasteiger partial charge in [0.1, 0.15) is 0 Å². The predicted octanol–water partition coefficient (Wildman–Crippen LogP) is 5.12. The molecule has 0 atom stereocenters. The predicted molar refractivity (Wildman–Crippen MR) is 108 cm³/mol. The molecule has 0 radical (unpaired) electrons. The first-order chi connectivity index (χ1) is 13.0. The lowest BCUT2D eigenvalue weighted by Gasteiger charge is -2.10. The Hall–Kier alpha value is -3.66. The first kappa shape index (κ1) is 18.1. The highest BCUT2D eigenvalue weighted by Crippen LogP contribution is 2.21. The van der Waals surface area contributed by atoms with Crippen LogP contribution in [0.5, 0.6) is 0 Å². The maximum absolute atomic E-state index is 12.4. The molecule has 0 spiro atoms. The van der Waals surface area contributed by atoms with Crippen LogP contribution in [0.3, 0.4) is 0 Å². The van der Waals surface area contributed by atoms with Crippen LogP contribution in [0, 0.1) is 6.92 Å². The van der Waals surface area contributed by atoms with Gasteiger partial charge in [-0.1, -0.05) is 60.7 Å². The average molecular weight is 357 g/mol. The lowest BCUT2D eigenvalue weighted by atomic mass is 10.0. The van der Waals surface area contributed by atoms with Gasteiger partial charge in [-0.25, -0.2) is 4.79 Å². The zero-order valence-corrected chi connectivity index (χ0v) is 14.8. The van der Waals surface area contributed by atoms with Crippen molar-refractivity contribution in [2.45, 2.75) is 6.92 Å². The van der Waals surface area contributed by atoms with Crippen LogP contribution in [0.15, 0.2) is 72.8 Å². The third kappa shape index (κ3) is 4.50. The van der Waals surface area contributed by atoms with E-state index in [1.807, 2.05) is 49.4 Å². The maximum Gasteiger partial charge on any atom is 0.337 e. The summed E-state index contributed by atoms with van der Waals surface area (Å²) in [4.78, 5) is 23.9. The summed E-state index contributed by atoms with van der Waals surface area (Å²) in [5.41, 5.74) is 3.81. The van der Waals surface area contributed by atoms with Crippen LogP contribution in [0.2, 0.25) is 0 Å². The van der Waals surface area contributed by atoms with Gasteiger partial charge in [0.15, 0.2) is 0 Å². The van der Waals surface area contributed by atoms with E-state index in [4.69, 9.17) is 0 Å². The van der Waals surface area contributed by atoms with E-state index in [9.17, 15) is 14.7 Å². The first-order valence-electron chi connectivity index (χ1n) is 8.52. The van der Waals surface area contributed by atoms with Gasteiger partial charge in [-0.15, -0.1) is 0 Å². The van der Waals surface area contributed by atoms with E-state index in [2.05, 4.69) is 5.32 Å². The summed E-state index contributed by atoms with van der Waals surface area (Å²) >= 11 is 0. The highest BCUT2D eigenvalue weighted by atomic mass is 16.4. The molecular weight excluding hydrogens is 338 g/mol. The molecule has 0 unspecified atom stereocenters. The van der Waals surface area contributed by atoms with E-state index in [0.717, 1.165) is 16.7 Å². The molecule has 134 valence electrons. The van der Waals surface area contributed by atoms with Crippen molar-refractivity contribution in [3.63, 3.8) is 0 Å². The minimum Gasteiger partial charge on any atom is -0.478 e. The Morgan fingerprint density at radius 1 is 0.889 bits per heavy atom. The standard InChI is InChI=1S/C23H19NO3/c1-16-7-5-6-8-18(16)13-11-17-12-14-20(23(26)27)21(15-17)24-22(25)19-9-3-2-4-10-19/h2-15H,1H3,(H,24,25)(H,26,27)/b13-11+. The van der Waals surface area contributed by atoms with Gasteiger partial charge in [0.25, 0.3) is 5.91 Å². The van der Waals surface area contributed by atoms with E-state index in [1.54, 1.807) is 36.4 Å². The topological polar surface area (TPSA) is 66.4 Å². The van der Waals surface area contributed by atoms with Crippen LogP contribution in [0.1, 0.15) is 37.4 Å². The lowest BCUT2D eigenvalue weighted by Crippen LogP contribution is -2.14. The Labute approximate surface area is 157 Å². The molecule has 3 rings (SSSR count). The van der Waals surface area contributed by atoms with Crippen molar-refractivity contribution < 1.29 is 14.7 Å². The molecule has 27 heavy (non-hydrogen) atoms. The highest BCUT2D eigenvalue weighted by Gasteiger charge is 2.14. The Bertz CT molecular complexity index is 1010. The number of hydrogen-bond donors (Lipinski definition) is 2. The quantitative estimate of drug-likeness (QED) is 0.623. The maximum atomic E-state index is 12.4. The van der Waals surface area contributed by atoms with E-state index >= 15 is 0 Å². The monoisotopic (exact) mass is 357 g/mol. The van der Waals surface area contributed by atoms with Crippen molar-refractivity contribution in [3.8, 4) is 0 Å². The first-order valence-corrected chi connectivity index (χ1v) is 8.52. The molecule has 3 aromatic carbocycles. The molecule has 4 nitrogen and oxygen atoms in total. The fourth-order valence-corrected chi connectivity index (χ4v) is 2.70. The number of carbonyl (C=O) groups is 2. The molecule has 0 aromatic heterocycles. The SMILES string of the molecule is Cc1ccccc1/C=C/c1ccc(C(=O)O)c(NC(=O)c2ccccc2)c1. The van der Waals surface area contributed by atoms with Gasteiger partial charge in [-0.05, 0) is 47.9 Å². The van der Waals surface area contributed by atoms with Gasteiger partial charge in [-0.3, -0.25) is 4.79 Å². The van der Waals surface area contributed by atoms with Gasteiger partial charge in [-0.2, -0.15) is 0 Å². The van der Waals surface area contributed by atoms with Crippen LogP contribution in [0.25, 0.3) is 12.2 Å². The fraction of sp³-hybridized carbons (Fsp3) is 0.0435. The summed E-state index contributed by atoms with van der Waals surface area (Å²) in [6, 6.07) is 21.6. The van der Waals surface area contributed by atoms with E-state index < -0.39 is 5.97 Å². The Morgan fingerprint density at radius 2 is 1.59 bits per heavy atom. The number of carboxylic acid groups (broad SMARTS) is 1. The number of anilines is 1. The molecular formula is C23H19NO3. The third-order valence-corrected chi connectivity index (χ3v) is 4.20. The van der Waals surface area contributed by atoms with Crippen molar-refractivity contribution in [2.75, 3.05) is 5.32 Å². The average Bonchev–Trinajstić information content (AvgIpc) is 2.68. The number of benzene rings is 3. The van der Waals surface area contributed by atoms with Crippen LogP contribution >= 0.6 is 0 Å². The third-order valence-electron chi connectivity index (χ3n) is 4.20. The number of carboxylic acids is 1. The Kier molecular flexibility index (Phi) is 5.47. The fourth-order valence-electron chi connectivity index (χ4n) is 2.70. The Balaban J connectivity index is 1.90. The number of nitrogens with one attached hydrogen (secondary N) is 1. The van der Waals surface area contributed by atoms with Gasteiger partial charge < -0.3 is 10.4 Å². The second-order valence-electron chi connectivity index (χ2n) is 6.12. The Morgan fingerprint density at radius 3 is 2.30 bits per heavy atom. The molecule has 0 heterocycles. The summed E-state index contributed by atoms with van der Waals surface area (Å²) < 4.78 is 0. The minimum atomic E-state index is -1.09. The smallest absolute Gasteiger partial charge is 0.337 e. The molecule has 0 saturated carbocycles. The molecule has 0 aliphatic carbocycles. The van der Waals surface area contributed by atoms with Crippen LogP contribution < -0.4 is 5.32 Å². The van der Waals surface area contributed by atoms with Crippen LogP contribution in [0.4, 0.5) is 5.69 Å². The van der Waals surface area contributed by atoms with Crippen molar-refractivity contribution in [2.24, 2.45) is 0 Å². The molecule has 0 fully saturated rings. The molecule has 0 saturated heterocycles. The summed E-state index contributed by atoms with van der Waals surface area (Å²) in [6.07, 6.45) is 3.86. The van der Waals surface area contributed by atoms with Gasteiger partial charge >= 0.3 is 5.97 Å². The molecule has 2 N–H and O–H groups in total. The van der Waals surface area contributed by atoms with Gasteiger partial charge in [0, 0.05) is 5.56 Å². The van der Waals surface area contributed by atoms with Gasteiger partial charge in [0.05, 0.1) is 11.3 Å². The van der Waals surface area contributed by atoms with E-state index in [0.29, 0.717) is 5.56 Å². The number of hydrogen-bond acceptors (Lipinski definition) is 2. The number of amides is 1. The zero-order chi connectivity index (χ0) is 19.2. The molecule has 3 aromatic rings. The van der Waals surface area contributed by atoms with Crippen molar-refractivity contribution >= 4 is 29.7 Å². The molecule has 0 aliphatic rings.